The van der Waals surface area contributed by atoms with Crippen LogP contribution in [0.1, 0.15) is 50.6 Å². The zero-order chi connectivity index (χ0) is 15.9. The Morgan fingerprint density at radius 2 is 1.96 bits per heavy atom. The molecule has 0 N–H and O–H groups in total. The molecule has 0 amide bonds. The van der Waals surface area contributed by atoms with Gasteiger partial charge in [-0.15, -0.1) is 0 Å². The van der Waals surface area contributed by atoms with E-state index < -0.39 is 0 Å². The summed E-state index contributed by atoms with van der Waals surface area (Å²) in [6, 6.07) is 2.13. The summed E-state index contributed by atoms with van der Waals surface area (Å²) >= 11 is 1.82. The highest BCUT2D eigenvalue weighted by Crippen LogP contribution is 2.26. The van der Waals surface area contributed by atoms with Crippen LogP contribution in [0.25, 0.3) is 0 Å². The highest BCUT2D eigenvalue weighted by molar-refractivity contribution is 7.99. The number of aromatic nitrogens is 2. The number of nitrogens with zero attached hydrogens (tertiary/aromatic N) is 4. The molecular weight excluding hydrogens is 304 g/mol. The average Bonchev–Trinajstić information content (AvgIpc) is 3.09. The second kappa shape index (κ2) is 9.00. The van der Waals surface area contributed by atoms with Crippen LogP contribution < -0.4 is 0 Å². The van der Waals surface area contributed by atoms with E-state index in [4.69, 9.17) is 4.98 Å². The first kappa shape index (κ1) is 17.2. The van der Waals surface area contributed by atoms with Crippen LogP contribution >= 0.6 is 11.8 Å². The predicted molar refractivity (Wildman–Crippen MR) is 97.1 cm³/mol. The minimum Gasteiger partial charge on any atom is -0.303 e. The van der Waals surface area contributed by atoms with Gasteiger partial charge in [0.1, 0.15) is 0 Å². The van der Waals surface area contributed by atoms with Crippen molar-refractivity contribution in [2.75, 3.05) is 45.0 Å². The molecule has 2 aliphatic rings. The maximum atomic E-state index is 4.86. The Bertz CT molecular complexity index is 474. The Morgan fingerprint density at radius 3 is 2.78 bits per heavy atom. The third-order valence-electron chi connectivity index (χ3n) is 4.96. The maximum Gasteiger partial charge on any atom is 0.187 e. The minimum absolute atomic E-state index is 0.594. The SMILES string of the molecule is CCCN1CCCC(c2ccnc(SCCN3CCCC3)n2)C1. The van der Waals surface area contributed by atoms with E-state index >= 15 is 0 Å². The molecule has 1 unspecified atom stereocenters. The van der Waals surface area contributed by atoms with Gasteiger partial charge in [-0.2, -0.15) is 0 Å². The van der Waals surface area contributed by atoms with Crippen molar-refractivity contribution >= 4 is 11.8 Å². The van der Waals surface area contributed by atoms with Crippen molar-refractivity contribution in [1.29, 1.82) is 0 Å². The van der Waals surface area contributed by atoms with Gasteiger partial charge in [0.05, 0.1) is 0 Å². The van der Waals surface area contributed by atoms with Gasteiger partial charge < -0.3 is 9.80 Å². The van der Waals surface area contributed by atoms with Gasteiger partial charge >= 0.3 is 0 Å². The average molecular weight is 335 g/mol. The largest absolute Gasteiger partial charge is 0.303 e. The van der Waals surface area contributed by atoms with Crippen molar-refractivity contribution in [3.63, 3.8) is 0 Å². The Morgan fingerprint density at radius 1 is 1.13 bits per heavy atom. The van der Waals surface area contributed by atoms with E-state index in [2.05, 4.69) is 27.8 Å². The van der Waals surface area contributed by atoms with Crippen LogP contribution in [-0.2, 0) is 0 Å². The molecule has 1 aromatic rings. The highest BCUT2D eigenvalue weighted by Gasteiger charge is 2.22. The summed E-state index contributed by atoms with van der Waals surface area (Å²) in [5, 5.41) is 0.967. The van der Waals surface area contributed by atoms with Gasteiger partial charge in [0.25, 0.3) is 0 Å². The minimum atomic E-state index is 0.594. The fourth-order valence-corrected chi connectivity index (χ4v) is 4.58. The monoisotopic (exact) mass is 334 g/mol. The van der Waals surface area contributed by atoms with Gasteiger partial charge in [-0.1, -0.05) is 18.7 Å². The molecule has 0 saturated carbocycles. The van der Waals surface area contributed by atoms with Gasteiger partial charge in [-0.3, -0.25) is 0 Å². The number of piperidine rings is 1. The lowest BCUT2D eigenvalue weighted by Gasteiger charge is -2.32. The van der Waals surface area contributed by atoms with Crippen molar-refractivity contribution < 1.29 is 0 Å². The third kappa shape index (κ3) is 5.16. The van der Waals surface area contributed by atoms with Gasteiger partial charge in [-0.05, 0) is 64.3 Å². The van der Waals surface area contributed by atoms with Crippen LogP contribution in [0.15, 0.2) is 17.4 Å². The number of likely N-dealkylation sites (tertiary alicyclic amines) is 2. The molecule has 4 nitrogen and oxygen atoms in total. The van der Waals surface area contributed by atoms with E-state index in [1.54, 1.807) is 0 Å². The first-order valence-corrected chi connectivity index (χ1v) is 10.2. The molecule has 0 radical (unpaired) electrons. The molecule has 1 aromatic heterocycles. The van der Waals surface area contributed by atoms with E-state index in [-0.39, 0.29) is 0 Å². The summed E-state index contributed by atoms with van der Waals surface area (Å²) in [4.78, 5) is 14.5. The molecule has 0 aliphatic carbocycles. The van der Waals surface area contributed by atoms with E-state index in [1.165, 1.54) is 77.1 Å². The van der Waals surface area contributed by atoms with E-state index in [1.807, 2.05) is 18.0 Å². The second-order valence-corrected chi connectivity index (χ2v) is 7.86. The quantitative estimate of drug-likeness (QED) is 0.564. The lowest BCUT2D eigenvalue weighted by atomic mass is 9.94. The summed E-state index contributed by atoms with van der Waals surface area (Å²) in [5.74, 6) is 1.70. The van der Waals surface area contributed by atoms with Crippen molar-refractivity contribution in [2.24, 2.45) is 0 Å². The number of thioether (sulfide) groups is 1. The number of hydrogen-bond acceptors (Lipinski definition) is 5. The molecule has 23 heavy (non-hydrogen) atoms. The fourth-order valence-electron chi connectivity index (χ4n) is 3.74. The zero-order valence-electron chi connectivity index (χ0n) is 14.4. The van der Waals surface area contributed by atoms with Gasteiger partial charge in [0.2, 0.25) is 0 Å². The van der Waals surface area contributed by atoms with Crippen LogP contribution in [0.2, 0.25) is 0 Å². The van der Waals surface area contributed by atoms with Crippen molar-refractivity contribution in [1.82, 2.24) is 19.8 Å². The van der Waals surface area contributed by atoms with Crippen molar-refractivity contribution in [3.05, 3.63) is 18.0 Å². The molecule has 5 heteroatoms. The topological polar surface area (TPSA) is 32.3 Å². The molecule has 3 heterocycles. The zero-order valence-corrected chi connectivity index (χ0v) is 15.2. The smallest absolute Gasteiger partial charge is 0.187 e. The molecule has 0 aromatic carbocycles. The normalized spacial score (nSPS) is 23.4. The van der Waals surface area contributed by atoms with Gasteiger partial charge in [0, 0.05) is 36.7 Å². The Labute approximate surface area is 145 Å². The molecule has 1 atom stereocenters. The molecule has 0 spiro atoms. The van der Waals surface area contributed by atoms with Crippen LogP contribution in [0.5, 0.6) is 0 Å². The van der Waals surface area contributed by atoms with Crippen molar-refractivity contribution in [3.8, 4) is 0 Å². The Balaban J connectivity index is 1.51. The van der Waals surface area contributed by atoms with E-state index in [0.29, 0.717) is 5.92 Å². The summed E-state index contributed by atoms with van der Waals surface area (Å²) in [7, 11) is 0. The predicted octanol–water partition coefficient (Wildman–Crippen LogP) is 3.25. The fraction of sp³-hybridized carbons (Fsp3) is 0.778. The van der Waals surface area contributed by atoms with Gasteiger partial charge in [-0.25, -0.2) is 9.97 Å². The first-order chi connectivity index (χ1) is 11.3. The molecule has 3 rings (SSSR count). The molecule has 128 valence electrons. The maximum absolute atomic E-state index is 4.86. The number of rotatable bonds is 7. The van der Waals surface area contributed by atoms with Gasteiger partial charge in [0.15, 0.2) is 5.16 Å². The third-order valence-corrected chi connectivity index (χ3v) is 5.80. The van der Waals surface area contributed by atoms with E-state index in [0.717, 1.165) is 10.9 Å². The summed E-state index contributed by atoms with van der Waals surface area (Å²) < 4.78 is 0. The lowest BCUT2D eigenvalue weighted by Crippen LogP contribution is -2.35. The van der Waals surface area contributed by atoms with Crippen LogP contribution in [0, 0.1) is 0 Å². The lowest BCUT2D eigenvalue weighted by molar-refractivity contribution is 0.206. The van der Waals surface area contributed by atoms with Crippen LogP contribution in [0.3, 0.4) is 0 Å². The molecule has 2 aliphatic heterocycles. The van der Waals surface area contributed by atoms with Crippen molar-refractivity contribution in [2.45, 2.75) is 50.1 Å². The first-order valence-electron chi connectivity index (χ1n) is 9.25. The molecule has 2 fully saturated rings. The highest BCUT2D eigenvalue weighted by atomic mass is 32.2. The Hall–Kier alpha value is -0.650. The summed E-state index contributed by atoms with van der Waals surface area (Å²) in [6.07, 6.45) is 8.51. The second-order valence-electron chi connectivity index (χ2n) is 6.80. The molecule has 2 saturated heterocycles. The van der Waals surface area contributed by atoms with Crippen LogP contribution in [0.4, 0.5) is 0 Å². The van der Waals surface area contributed by atoms with Crippen LogP contribution in [-0.4, -0.2) is 64.8 Å². The number of hydrogen-bond donors (Lipinski definition) is 0. The summed E-state index contributed by atoms with van der Waals surface area (Å²) in [6.45, 7) is 9.64. The standard InChI is InChI=1S/C18H30N4S/c1-2-9-22-12-5-6-16(15-22)17-7-8-19-18(20-17)23-14-13-21-10-3-4-11-21/h7-8,16H,2-6,9-15H2,1H3. The molecular formula is C18H30N4S. The Kier molecular flexibility index (Phi) is 6.72. The molecule has 0 bridgehead atoms. The summed E-state index contributed by atoms with van der Waals surface area (Å²) in [5.41, 5.74) is 1.25. The van der Waals surface area contributed by atoms with E-state index in [9.17, 15) is 0 Å².